The maximum Gasteiger partial charge on any atom is 0.175 e. The smallest absolute Gasteiger partial charge is 0.175 e. The Hall–Kier alpha value is -1.68. The molecule has 2 rings (SSSR count). The number of benzene rings is 1. The molecule has 1 aromatic heterocycles. The molecule has 0 spiro atoms. The predicted octanol–water partition coefficient (Wildman–Crippen LogP) is -0.166. The number of hydrogen-bond donors (Lipinski definition) is 5. The summed E-state index contributed by atoms with van der Waals surface area (Å²) in [5.74, 6) is 0.460. The van der Waals surface area contributed by atoms with E-state index in [1.807, 2.05) is 0 Å². The van der Waals surface area contributed by atoms with Gasteiger partial charge in [0.05, 0.1) is 30.9 Å². The maximum absolute atomic E-state index is 11.4. The van der Waals surface area contributed by atoms with Crippen LogP contribution in [0.2, 0.25) is 0 Å². The number of aromatic nitrogens is 1. The van der Waals surface area contributed by atoms with Gasteiger partial charge in [0.2, 0.25) is 0 Å². The van der Waals surface area contributed by atoms with Crippen LogP contribution in [0.15, 0.2) is 24.4 Å². The quantitative estimate of drug-likeness (QED) is 0.466. The van der Waals surface area contributed by atoms with Crippen LogP contribution in [0.4, 0.5) is 11.4 Å². The first-order chi connectivity index (χ1) is 10.1. The van der Waals surface area contributed by atoms with Gasteiger partial charge in [-0.2, -0.15) is 5.23 Å². The number of methoxy groups -OCH3 is 1. The van der Waals surface area contributed by atoms with E-state index in [2.05, 4.69) is 10.3 Å². The molecule has 0 saturated heterocycles. The van der Waals surface area contributed by atoms with E-state index >= 15 is 0 Å². The van der Waals surface area contributed by atoms with Crippen molar-refractivity contribution >= 4 is 34.7 Å². The summed E-state index contributed by atoms with van der Waals surface area (Å²) in [7, 11) is 1.48. The van der Waals surface area contributed by atoms with Crippen molar-refractivity contribution in [3.63, 3.8) is 0 Å². The van der Waals surface area contributed by atoms with Crippen molar-refractivity contribution in [3.8, 4) is 5.75 Å². The van der Waals surface area contributed by atoms with Gasteiger partial charge in [-0.05, 0) is 12.1 Å². The van der Waals surface area contributed by atoms with Gasteiger partial charge in [0.15, 0.2) is 5.69 Å². The molecule has 0 bridgehead atoms. The van der Waals surface area contributed by atoms with E-state index in [-0.39, 0.29) is 31.2 Å². The normalized spacial score (nSPS) is 13.3. The molecule has 0 aliphatic heterocycles. The van der Waals surface area contributed by atoms with E-state index in [9.17, 15) is 15.5 Å². The minimum atomic E-state index is -1.08. The molecule has 8 nitrogen and oxygen atoms in total. The summed E-state index contributed by atoms with van der Waals surface area (Å²) in [5.41, 5.74) is 1.00. The molecule has 0 aliphatic carbocycles. The molecule has 0 aliphatic rings. The van der Waals surface area contributed by atoms with Crippen molar-refractivity contribution in [1.82, 2.24) is 4.98 Å². The van der Waals surface area contributed by atoms with Crippen LogP contribution < -0.4 is 15.3 Å². The van der Waals surface area contributed by atoms with Crippen LogP contribution in [0.1, 0.15) is 0 Å². The molecule has 122 valence electrons. The average molecular weight is 332 g/mol. The number of nitrogens with one attached hydrogen (secondary N) is 2. The van der Waals surface area contributed by atoms with Gasteiger partial charge in [-0.1, -0.05) is 0 Å². The molecule has 1 heterocycles. The number of anilines is 1. The number of rotatable bonds is 6. The molecule has 0 radical (unpaired) electrons. The summed E-state index contributed by atoms with van der Waals surface area (Å²) in [4.78, 5) is 4.16. The van der Waals surface area contributed by atoms with E-state index in [0.717, 1.165) is 0 Å². The van der Waals surface area contributed by atoms with Crippen LogP contribution in [-0.4, -0.2) is 46.8 Å². The Balaban J connectivity index is 0.00000242. The summed E-state index contributed by atoms with van der Waals surface area (Å²) < 4.78 is 5.19. The van der Waals surface area contributed by atoms with Crippen molar-refractivity contribution in [2.75, 3.05) is 25.6 Å². The number of aliphatic hydroxyl groups is 2. The summed E-state index contributed by atoms with van der Waals surface area (Å²) in [6.45, 7) is -0.295. The standard InChI is InChI=1S/C13H17N3O5.ClH/c1-21-11-3-2-10(16(19)20)12-9(4-5-14-13(11)12)15-6-8(18)7-17;/h2-5,8,16-19H,6-7H2,1H3,(H,14,15);1H. The molecule has 2 aromatic rings. The van der Waals surface area contributed by atoms with Crippen LogP contribution in [0, 0.1) is 5.21 Å². The van der Waals surface area contributed by atoms with Gasteiger partial charge in [-0.25, -0.2) is 5.21 Å². The predicted molar refractivity (Wildman–Crippen MR) is 82.9 cm³/mol. The number of halogens is 1. The SMILES string of the molecule is COc1ccc([NH+]([O-])O)c2c(NCC(O)CO)ccnc12.Cl. The fraction of sp³-hybridized carbons (Fsp3) is 0.308. The lowest BCUT2D eigenvalue weighted by molar-refractivity contribution is -0.990. The third kappa shape index (κ3) is 3.74. The number of aliphatic hydroxyl groups excluding tert-OH is 2. The molecule has 0 amide bonds. The lowest BCUT2D eigenvalue weighted by Crippen LogP contribution is -2.99. The largest absolute Gasteiger partial charge is 0.595 e. The van der Waals surface area contributed by atoms with Crippen molar-refractivity contribution in [3.05, 3.63) is 29.6 Å². The maximum atomic E-state index is 11.4. The average Bonchev–Trinajstić information content (AvgIpc) is 2.50. The zero-order valence-corrected chi connectivity index (χ0v) is 12.6. The lowest BCUT2D eigenvalue weighted by Gasteiger charge is -2.18. The van der Waals surface area contributed by atoms with Crippen molar-refractivity contribution in [1.29, 1.82) is 0 Å². The van der Waals surface area contributed by atoms with Gasteiger partial charge in [0.25, 0.3) is 0 Å². The highest BCUT2D eigenvalue weighted by atomic mass is 35.5. The first kappa shape index (κ1) is 18.4. The number of fused-ring (bicyclic) bond motifs is 1. The van der Waals surface area contributed by atoms with Crippen LogP contribution in [0.3, 0.4) is 0 Å². The van der Waals surface area contributed by atoms with Crippen molar-refractivity contribution in [2.24, 2.45) is 0 Å². The van der Waals surface area contributed by atoms with E-state index in [1.165, 1.54) is 19.4 Å². The molecular weight excluding hydrogens is 314 g/mol. The zero-order chi connectivity index (χ0) is 15.4. The molecule has 9 heteroatoms. The molecule has 2 unspecified atom stereocenters. The zero-order valence-electron chi connectivity index (χ0n) is 11.8. The third-order valence-electron chi connectivity index (χ3n) is 3.04. The van der Waals surface area contributed by atoms with Gasteiger partial charge in [0, 0.05) is 18.8 Å². The first-order valence-electron chi connectivity index (χ1n) is 6.30. The molecule has 1 aromatic carbocycles. The Labute approximate surface area is 132 Å². The van der Waals surface area contributed by atoms with E-state index in [1.54, 1.807) is 12.1 Å². The van der Waals surface area contributed by atoms with E-state index in [4.69, 9.17) is 9.84 Å². The first-order valence-corrected chi connectivity index (χ1v) is 6.30. The highest BCUT2D eigenvalue weighted by Crippen LogP contribution is 2.33. The molecule has 22 heavy (non-hydrogen) atoms. The van der Waals surface area contributed by atoms with Gasteiger partial charge < -0.3 is 25.5 Å². The Morgan fingerprint density at radius 2 is 2.14 bits per heavy atom. The van der Waals surface area contributed by atoms with Crippen LogP contribution >= 0.6 is 12.4 Å². The fourth-order valence-electron chi connectivity index (χ4n) is 2.03. The Kier molecular flexibility index (Phi) is 6.75. The van der Waals surface area contributed by atoms with Crippen LogP contribution in [0.5, 0.6) is 5.75 Å². The minimum absolute atomic E-state index is 0. The number of quaternary nitrogens is 1. The fourth-order valence-corrected chi connectivity index (χ4v) is 2.03. The number of pyridine rings is 1. The van der Waals surface area contributed by atoms with Gasteiger partial charge >= 0.3 is 0 Å². The molecule has 0 fully saturated rings. The Bertz CT molecular complexity index is 626. The topological polar surface area (TPSA) is 122 Å². The summed E-state index contributed by atoms with van der Waals surface area (Å²) in [6, 6.07) is 4.60. The summed E-state index contributed by atoms with van der Waals surface area (Å²) in [5, 5.41) is 41.2. The number of nitrogens with zero attached hydrogens (tertiary/aromatic N) is 1. The molecule has 0 saturated carbocycles. The highest BCUT2D eigenvalue weighted by Gasteiger charge is 2.16. The Morgan fingerprint density at radius 1 is 1.41 bits per heavy atom. The molecule has 2 atom stereocenters. The minimum Gasteiger partial charge on any atom is -0.595 e. The second-order valence-corrected chi connectivity index (χ2v) is 4.42. The van der Waals surface area contributed by atoms with Crippen LogP contribution in [-0.2, 0) is 0 Å². The van der Waals surface area contributed by atoms with Crippen LogP contribution in [0.25, 0.3) is 10.9 Å². The van der Waals surface area contributed by atoms with Crippen molar-refractivity contribution < 1.29 is 25.4 Å². The third-order valence-corrected chi connectivity index (χ3v) is 3.04. The van der Waals surface area contributed by atoms with E-state index < -0.39 is 11.3 Å². The number of hydrogen-bond acceptors (Lipinski definition) is 7. The Morgan fingerprint density at radius 3 is 2.73 bits per heavy atom. The summed E-state index contributed by atoms with van der Waals surface area (Å²) in [6.07, 6.45) is 0.580. The van der Waals surface area contributed by atoms with Gasteiger partial charge in [-0.3, -0.25) is 4.98 Å². The highest BCUT2D eigenvalue weighted by molar-refractivity contribution is 6.01. The monoisotopic (exact) mass is 331 g/mol. The van der Waals surface area contributed by atoms with E-state index in [0.29, 0.717) is 22.3 Å². The lowest BCUT2D eigenvalue weighted by atomic mass is 10.1. The van der Waals surface area contributed by atoms with Gasteiger partial charge in [-0.15, -0.1) is 12.4 Å². The number of ether oxygens (including phenoxy) is 1. The summed E-state index contributed by atoms with van der Waals surface area (Å²) >= 11 is 0. The van der Waals surface area contributed by atoms with Crippen molar-refractivity contribution in [2.45, 2.75) is 6.10 Å². The van der Waals surface area contributed by atoms with Gasteiger partial charge in [0.1, 0.15) is 11.3 Å². The second-order valence-electron chi connectivity index (χ2n) is 4.42. The molecular formula is C13H18ClN3O5. The second kappa shape index (κ2) is 8.08. The molecule has 5 N–H and O–H groups in total.